The highest BCUT2D eigenvalue weighted by molar-refractivity contribution is 5.88. The van der Waals surface area contributed by atoms with Crippen LogP contribution in [-0.2, 0) is 27.8 Å². The van der Waals surface area contributed by atoms with Crippen LogP contribution in [0.3, 0.4) is 0 Å². The van der Waals surface area contributed by atoms with Crippen molar-refractivity contribution in [2.24, 2.45) is 0 Å². The van der Waals surface area contributed by atoms with E-state index in [1.165, 1.54) is 16.7 Å². The van der Waals surface area contributed by atoms with Gasteiger partial charge < -0.3 is 4.74 Å². The zero-order valence-corrected chi connectivity index (χ0v) is 13.8. The van der Waals surface area contributed by atoms with Gasteiger partial charge in [-0.05, 0) is 49.3 Å². The van der Waals surface area contributed by atoms with Crippen molar-refractivity contribution in [1.82, 2.24) is 0 Å². The van der Waals surface area contributed by atoms with Gasteiger partial charge in [0.15, 0.2) is 0 Å². The minimum Gasteiger partial charge on any atom is -0.381 e. The SMILES string of the molecule is CC(=O)C1(c2cccc(CCc3ccccc3)c2)CCOCC1. The standard InChI is InChI=1S/C21H24O2/c1-17(22)21(12-14-23-15-13-21)20-9-5-8-19(16-20)11-10-18-6-3-2-4-7-18/h2-9,16H,10-15H2,1H3. The number of ether oxygens (including phenoxy) is 1. The molecule has 2 aromatic rings. The normalized spacial score (nSPS) is 16.9. The van der Waals surface area contributed by atoms with E-state index in [1.54, 1.807) is 6.92 Å². The van der Waals surface area contributed by atoms with E-state index < -0.39 is 0 Å². The predicted octanol–water partition coefficient (Wildman–Crippen LogP) is 4.11. The van der Waals surface area contributed by atoms with Gasteiger partial charge in [-0.1, -0.05) is 54.6 Å². The second kappa shape index (κ2) is 7.10. The van der Waals surface area contributed by atoms with E-state index in [1.807, 2.05) is 6.07 Å². The molecule has 1 aliphatic heterocycles. The fourth-order valence-corrected chi connectivity index (χ4v) is 3.52. The van der Waals surface area contributed by atoms with Gasteiger partial charge in [0.05, 0.1) is 5.41 Å². The Labute approximate surface area is 138 Å². The molecule has 2 heteroatoms. The van der Waals surface area contributed by atoms with Crippen molar-refractivity contribution in [1.29, 1.82) is 0 Å². The lowest BCUT2D eigenvalue weighted by atomic mass is 9.71. The van der Waals surface area contributed by atoms with Gasteiger partial charge in [-0.15, -0.1) is 0 Å². The van der Waals surface area contributed by atoms with Gasteiger partial charge in [-0.2, -0.15) is 0 Å². The highest BCUT2D eigenvalue weighted by atomic mass is 16.5. The molecule has 0 amide bonds. The van der Waals surface area contributed by atoms with Crippen molar-refractivity contribution in [2.75, 3.05) is 13.2 Å². The van der Waals surface area contributed by atoms with Crippen molar-refractivity contribution in [3.63, 3.8) is 0 Å². The topological polar surface area (TPSA) is 26.3 Å². The van der Waals surface area contributed by atoms with Gasteiger partial charge in [0.1, 0.15) is 5.78 Å². The lowest BCUT2D eigenvalue weighted by molar-refractivity contribution is -0.126. The molecule has 0 atom stereocenters. The van der Waals surface area contributed by atoms with E-state index in [2.05, 4.69) is 48.5 Å². The highest BCUT2D eigenvalue weighted by Gasteiger charge is 2.38. The van der Waals surface area contributed by atoms with E-state index in [4.69, 9.17) is 4.74 Å². The Morgan fingerprint density at radius 2 is 1.61 bits per heavy atom. The number of carbonyl (C=O) groups is 1. The number of Topliss-reactive ketones (excluding diaryl/α,β-unsaturated/α-hetero) is 1. The molecule has 2 nitrogen and oxygen atoms in total. The Bertz CT molecular complexity index is 655. The van der Waals surface area contributed by atoms with Crippen LogP contribution in [0.5, 0.6) is 0 Å². The van der Waals surface area contributed by atoms with Crippen LogP contribution in [0.2, 0.25) is 0 Å². The molecule has 1 heterocycles. The minimum absolute atomic E-state index is 0.265. The average Bonchev–Trinajstić information content (AvgIpc) is 2.61. The van der Waals surface area contributed by atoms with Crippen molar-refractivity contribution in [3.05, 3.63) is 71.3 Å². The Morgan fingerprint density at radius 1 is 0.957 bits per heavy atom. The molecule has 120 valence electrons. The summed E-state index contributed by atoms with van der Waals surface area (Å²) in [7, 11) is 0. The van der Waals surface area contributed by atoms with Gasteiger partial charge >= 0.3 is 0 Å². The molecule has 0 spiro atoms. The Balaban J connectivity index is 1.80. The lowest BCUT2D eigenvalue weighted by Gasteiger charge is -2.35. The molecule has 23 heavy (non-hydrogen) atoms. The molecule has 0 aromatic heterocycles. The molecular formula is C21H24O2. The molecular weight excluding hydrogens is 284 g/mol. The maximum Gasteiger partial charge on any atom is 0.140 e. The number of hydrogen-bond donors (Lipinski definition) is 0. The molecule has 1 aliphatic rings. The molecule has 0 aliphatic carbocycles. The Morgan fingerprint density at radius 3 is 2.30 bits per heavy atom. The van der Waals surface area contributed by atoms with Gasteiger partial charge in [0, 0.05) is 13.2 Å². The zero-order valence-electron chi connectivity index (χ0n) is 13.8. The first kappa shape index (κ1) is 15.9. The van der Waals surface area contributed by atoms with Crippen molar-refractivity contribution < 1.29 is 9.53 Å². The third kappa shape index (κ3) is 3.53. The van der Waals surface area contributed by atoms with E-state index >= 15 is 0 Å². The third-order valence-electron chi connectivity index (χ3n) is 5.05. The summed E-state index contributed by atoms with van der Waals surface area (Å²) in [6.45, 7) is 3.07. The van der Waals surface area contributed by atoms with E-state index in [0.717, 1.165) is 25.7 Å². The predicted molar refractivity (Wildman–Crippen MR) is 92.7 cm³/mol. The van der Waals surface area contributed by atoms with Crippen LogP contribution in [0, 0.1) is 0 Å². The summed E-state index contributed by atoms with van der Waals surface area (Å²) in [5.41, 5.74) is 3.48. The molecule has 0 N–H and O–H groups in total. The number of hydrogen-bond acceptors (Lipinski definition) is 2. The van der Waals surface area contributed by atoms with Crippen LogP contribution in [0.4, 0.5) is 0 Å². The molecule has 2 aromatic carbocycles. The minimum atomic E-state index is -0.346. The van der Waals surface area contributed by atoms with Gasteiger partial charge in [0.25, 0.3) is 0 Å². The van der Waals surface area contributed by atoms with Crippen molar-refractivity contribution in [2.45, 2.75) is 38.0 Å². The highest BCUT2D eigenvalue weighted by Crippen LogP contribution is 2.36. The van der Waals surface area contributed by atoms with Gasteiger partial charge in [-0.3, -0.25) is 4.79 Å². The van der Waals surface area contributed by atoms with Crippen molar-refractivity contribution >= 4 is 5.78 Å². The Kier molecular flexibility index (Phi) is 4.92. The molecule has 1 saturated heterocycles. The maximum atomic E-state index is 12.4. The smallest absolute Gasteiger partial charge is 0.140 e. The van der Waals surface area contributed by atoms with Crippen LogP contribution in [0.15, 0.2) is 54.6 Å². The van der Waals surface area contributed by atoms with Gasteiger partial charge in [0.2, 0.25) is 0 Å². The third-order valence-corrected chi connectivity index (χ3v) is 5.05. The lowest BCUT2D eigenvalue weighted by Crippen LogP contribution is -2.40. The summed E-state index contributed by atoms with van der Waals surface area (Å²) in [6, 6.07) is 19.1. The fourth-order valence-electron chi connectivity index (χ4n) is 3.52. The average molecular weight is 308 g/mol. The number of aryl methyl sites for hydroxylation is 2. The first-order valence-corrected chi connectivity index (χ1v) is 8.43. The maximum absolute atomic E-state index is 12.4. The van der Waals surface area contributed by atoms with E-state index in [0.29, 0.717) is 13.2 Å². The summed E-state index contributed by atoms with van der Waals surface area (Å²) in [5, 5.41) is 0. The molecule has 0 unspecified atom stereocenters. The van der Waals surface area contributed by atoms with Crippen LogP contribution >= 0.6 is 0 Å². The summed E-state index contributed by atoms with van der Waals surface area (Å²) in [6.07, 6.45) is 3.62. The fraction of sp³-hybridized carbons (Fsp3) is 0.381. The van der Waals surface area contributed by atoms with Crippen LogP contribution in [-0.4, -0.2) is 19.0 Å². The summed E-state index contributed by atoms with van der Waals surface area (Å²) in [5.74, 6) is 0.265. The molecule has 0 bridgehead atoms. The van der Waals surface area contributed by atoms with E-state index in [9.17, 15) is 4.79 Å². The number of benzene rings is 2. The zero-order chi connectivity index (χ0) is 16.1. The summed E-state index contributed by atoms with van der Waals surface area (Å²) < 4.78 is 5.48. The molecule has 0 radical (unpaired) electrons. The number of rotatable bonds is 5. The van der Waals surface area contributed by atoms with Crippen molar-refractivity contribution in [3.8, 4) is 0 Å². The molecule has 1 fully saturated rings. The van der Waals surface area contributed by atoms with Crippen LogP contribution in [0.25, 0.3) is 0 Å². The second-order valence-corrected chi connectivity index (χ2v) is 6.44. The largest absolute Gasteiger partial charge is 0.381 e. The number of ketones is 1. The summed E-state index contributed by atoms with van der Waals surface area (Å²) in [4.78, 5) is 12.4. The first-order valence-electron chi connectivity index (χ1n) is 8.43. The second-order valence-electron chi connectivity index (χ2n) is 6.44. The first-order chi connectivity index (χ1) is 11.2. The van der Waals surface area contributed by atoms with Crippen LogP contribution < -0.4 is 0 Å². The molecule has 3 rings (SSSR count). The Hall–Kier alpha value is -1.93. The quantitative estimate of drug-likeness (QED) is 0.831. The number of carbonyl (C=O) groups excluding carboxylic acids is 1. The monoisotopic (exact) mass is 308 g/mol. The van der Waals surface area contributed by atoms with Gasteiger partial charge in [-0.25, -0.2) is 0 Å². The molecule has 0 saturated carbocycles. The van der Waals surface area contributed by atoms with E-state index in [-0.39, 0.29) is 11.2 Å². The van der Waals surface area contributed by atoms with Crippen LogP contribution in [0.1, 0.15) is 36.5 Å². The summed E-state index contributed by atoms with van der Waals surface area (Å²) >= 11 is 0.